The van der Waals surface area contributed by atoms with Gasteiger partial charge >= 0.3 is 0 Å². The zero-order chi connectivity index (χ0) is 15.4. The van der Waals surface area contributed by atoms with Crippen molar-refractivity contribution in [1.29, 1.82) is 0 Å². The monoisotopic (exact) mass is 312 g/mol. The maximum Gasteiger partial charge on any atom is 0.261 e. The van der Waals surface area contributed by atoms with E-state index in [2.05, 4.69) is 10.3 Å². The summed E-state index contributed by atoms with van der Waals surface area (Å²) in [5, 5.41) is 4.79. The zero-order valence-corrected chi connectivity index (χ0v) is 13.0. The summed E-state index contributed by atoms with van der Waals surface area (Å²) in [7, 11) is 0. The van der Waals surface area contributed by atoms with E-state index in [0.29, 0.717) is 18.9 Å². The fourth-order valence-electron chi connectivity index (χ4n) is 2.15. The van der Waals surface area contributed by atoms with Crippen molar-refractivity contribution in [3.8, 4) is 11.5 Å². The van der Waals surface area contributed by atoms with Crippen LogP contribution in [0.15, 0.2) is 52.3 Å². The molecule has 0 spiro atoms. The lowest BCUT2D eigenvalue weighted by Crippen LogP contribution is -2.25. The number of thiophene rings is 1. The van der Waals surface area contributed by atoms with Gasteiger partial charge in [-0.2, -0.15) is 0 Å². The number of oxazole rings is 1. The minimum absolute atomic E-state index is 0.0422. The second-order valence-corrected chi connectivity index (χ2v) is 5.82. The summed E-state index contributed by atoms with van der Waals surface area (Å²) in [6.07, 6.45) is 0.652. The lowest BCUT2D eigenvalue weighted by Gasteiger charge is -2.01. The number of rotatable bonds is 5. The first-order valence-corrected chi connectivity index (χ1v) is 7.95. The molecular formula is C17H16N2O2S. The highest BCUT2D eigenvalue weighted by Crippen LogP contribution is 2.21. The Balaban J connectivity index is 1.61. The van der Waals surface area contributed by atoms with Crippen LogP contribution in [0.3, 0.4) is 0 Å². The number of carbonyl (C=O) groups excluding carboxylic acids is 1. The van der Waals surface area contributed by atoms with Crippen LogP contribution in [-0.2, 0) is 6.42 Å². The highest BCUT2D eigenvalue weighted by Gasteiger charge is 2.12. The van der Waals surface area contributed by atoms with Gasteiger partial charge in [0, 0.05) is 18.5 Å². The molecule has 0 aliphatic rings. The molecule has 0 radical (unpaired) electrons. The van der Waals surface area contributed by atoms with Crippen LogP contribution in [0.2, 0.25) is 0 Å². The van der Waals surface area contributed by atoms with Crippen molar-refractivity contribution in [3.63, 3.8) is 0 Å². The number of carbonyl (C=O) groups is 1. The standard InChI is InChI=1S/C17H16N2O2S/c1-12-14(9-10-18-16(20)15-8-5-11-22-15)19-17(21-12)13-6-3-2-4-7-13/h2-8,11H,9-10H2,1H3,(H,18,20). The Labute approximate surface area is 132 Å². The maximum atomic E-state index is 11.9. The molecule has 2 heterocycles. The lowest BCUT2D eigenvalue weighted by atomic mass is 10.2. The van der Waals surface area contributed by atoms with Crippen LogP contribution in [0.4, 0.5) is 0 Å². The van der Waals surface area contributed by atoms with Crippen molar-refractivity contribution in [2.45, 2.75) is 13.3 Å². The van der Waals surface area contributed by atoms with Gasteiger partial charge in [0.1, 0.15) is 5.76 Å². The van der Waals surface area contributed by atoms with Gasteiger partial charge in [0.15, 0.2) is 0 Å². The molecule has 3 aromatic rings. The van der Waals surface area contributed by atoms with Crippen LogP contribution in [-0.4, -0.2) is 17.4 Å². The van der Waals surface area contributed by atoms with E-state index in [-0.39, 0.29) is 5.91 Å². The van der Waals surface area contributed by atoms with E-state index >= 15 is 0 Å². The minimum atomic E-state index is -0.0422. The molecule has 0 atom stereocenters. The first-order chi connectivity index (χ1) is 10.7. The molecule has 0 saturated carbocycles. The number of nitrogens with zero attached hydrogens (tertiary/aromatic N) is 1. The van der Waals surface area contributed by atoms with E-state index in [0.717, 1.165) is 21.9 Å². The van der Waals surface area contributed by atoms with Crippen molar-refractivity contribution in [3.05, 3.63) is 64.2 Å². The molecular weight excluding hydrogens is 296 g/mol. The molecule has 1 amide bonds. The summed E-state index contributed by atoms with van der Waals surface area (Å²) < 4.78 is 5.71. The molecule has 0 aliphatic heterocycles. The molecule has 0 aliphatic carbocycles. The van der Waals surface area contributed by atoms with E-state index in [1.165, 1.54) is 11.3 Å². The smallest absolute Gasteiger partial charge is 0.261 e. The Kier molecular flexibility index (Phi) is 4.34. The number of aromatic nitrogens is 1. The van der Waals surface area contributed by atoms with Gasteiger partial charge in [-0.05, 0) is 30.5 Å². The Morgan fingerprint density at radius 3 is 2.77 bits per heavy atom. The highest BCUT2D eigenvalue weighted by atomic mass is 32.1. The molecule has 4 nitrogen and oxygen atoms in total. The van der Waals surface area contributed by atoms with Crippen LogP contribution in [0.25, 0.3) is 11.5 Å². The molecule has 3 rings (SSSR count). The van der Waals surface area contributed by atoms with Crippen molar-refractivity contribution < 1.29 is 9.21 Å². The van der Waals surface area contributed by atoms with Crippen LogP contribution in [0, 0.1) is 6.92 Å². The number of hydrogen-bond acceptors (Lipinski definition) is 4. The summed E-state index contributed by atoms with van der Waals surface area (Å²) in [5.74, 6) is 1.38. The summed E-state index contributed by atoms with van der Waals surface area (Å²) in [6, 6.07) is 13.5. The molecule has 22 heavy (non-hydrogen) atoms. The van der Waals surface area contributed by atoms with E-state index < -0.39 is 0 Å². The molecule has 5 heteroatoms. The molecule has 0 bridgehead atoms. The predicted octanol–water partition coefficient (Wildman–Crippen LogP) is 3.68. The van der Waals surface area contributed by atoms with Crippen molar-refractivity contribution >= 4 is 17.2 Å². The van der Waals surface area contributed by atoms with Crippen molar-refractivity contribution in [1.82, 2.24) is 10.3 Å². The van der Waals surface area contributed by atoms with Gasteiger partial charge in [-0.1, -0.05) is 24.3 Å². The first-order valence-electron chi connectivity index (χ1n) is 7.07. The largest absolute Gasteiger partial charge is 0.441 e. The van der Waals surface area contributed by atoms with Gasteiger partial charge in [-0.3, -0.25) is 4.79 Å². The lowest BCUT2D eigenvalue weighted by molar-refractivity contribution is 0.0958. The van der Waals surface area contributed by atoms with E-state index in [1.54, 1.807) is 0 Å². The molecule has 1 N–H and O–H groups in total. The number of aryl methyl sites for hydroxylation is 1. The van der Waals surface area contributed by atoms with Crippen LogP contribution >= 0.6 is 11.3 Å². The first kappa shape index (κ1) is 14.5. The number of amides is 1. The minimum Gasteiger partial charge on any atom is -0.441 e. The maximum absolute atomic E-state index is 11.9. The van der Waals surface area contributed by atoms with E-state index in [4.69, 9.17) is 4.42 Å². The Bertz CT molecular complexity index is 748. The second kappa shape index (κ2) is 6.58. The SMILES string of the molecule is Cc1oc(-c2ccccc2)nc1CCNC(=O)c1cccs1. The van der Waals surface area contributed by atoms with Gasteiger partial charge in [-0.25, -0.2) is 4.98 Å². The zero-order valence-electron chi connectivity index (χ0n) is 12.2. The molecule has 112 valence electrons. The van der Waals surface area contributed by atoms with E-state index in [1.807, 2.05) is 54.8 Å². The number of benzene rings is 1. The predicted molar refractivity (Wildman–Crippen MR) is 87.0 cm³/mol. The van der Waals surface area contributed by atoms with Crippen LogP contribution < -0.4 is 5.32 Å². The summed E-state index contributed by atoms with van der Waals surface area (Å²) in [5.41, 5.74) is 1.84. The fourth-order valence-corrected chi connectivity index (χ4v) is 2.79. The van der Waals surface area contributed by atoms with Crippen LogP contribution in [0.5, 0.6) is 0 Å². The Hall–Kier alpha value is -2.40. The topological polar surface area (TPSA) is 55.1 Å². The quantitative estimate of drug-likeness (QED) is 0.782. The van der Waals surface area contributed by atoms with Gasteiger partial charge < -0.3 is 9.73 Å². The van der Waals surface area contributed by atoms with Gasteiger partial charge in [0.2, 0.25) is 5.89 Å². The Morgan fingerprint density at radius 2 is 2.05 bits per heavy atom. The number of hydrogen-bond donors (Lipinski definition) is 1. The average Bonchev–Trinajstić information content (AvgIpc) is 3.18. The molecule has 2 aromatic heterocycles. The van der Waals surface area contributed by atoms with Crippen LogP contribution in [0.1, 0.15) is 21.1 Å². The summed E-state index contributed by atoms with van der Waals surface area (Å²) in [6.45, 7) is 2.44. The molecule has 1 aromatic carbocycles. The molecule has 0 unspecified atom stereocenters. The average molecular weight is 312 g/mol. The van der Waals surface area contributed by atoms with Crippen molar-refractivity contribution in [2.24, 2.45) is 0 Å². The fraction of sp³-hybridized carbons (Fsp3) is 0.176. The third-order valence-corrected chi connectivity index (χ3v) is 4.17. The van der Waals surface area contributed by atoms with Gasteiger partial charge in [0.25, 0.3) is 5.91 Å². The van der Waals surface area contributed by atoms with E-state index in [9.17, 15) is 4.79 Å². The molecule has 0 saturated heterocycles. The third-order valence-electron chi connectivity index (χ3n) is 3.31. The van der Waals surface area contributed by atoms with Gasteiger partial charge in [0.05, 0.1) is 10.6 Å². The van der Waals surface area contributed by atoms with Gasteiger partial charge in [-0.15, -0.1) is 11.3 Å². The number of nitrogens with one attached hydrogen (secondary N) is 1. The second-order valence-electron chi connectivity index (χ2n) is 4.87. The highest BCUT2D eigenvalue weighted by molar-refractivity contribution is 7.12. The normalized spacial score (nSPS) is 10.6. The summed E-state index contributed by atoms with van der Waals surface area (Å²) in [4.78, 5) is 17.1. The molecule has 0 fully saturated rings. The van der Waals surface area contributed by atoms with Crippen molar-refractivity contribution in [2.75, 3.05) is 6.54 Å². The third kappa shape index (κ3) is 3.26. The summed E-state index contributed by atoms with van der Waals surface area (Å²) >= 11 is 1.44. The Morgan fingerprint density at radius 1 is 1.23 bits per heavy atom.